The van der Waals surface area contributed by atoms with Crippen molar-refractivity contribution < 1.29 is 14.3 Å². The molecule has 6 nitrogen and oxygen atoms in total. The lowest BCUT2D eigenvalue weighted by Gasteiger charge is -2.04. The third kappa shape index (κ3) is 2.28. The van der Waals surface area contributed by atoms with Crippen LogP contribution in [0, 0.1) is 6.92 Å². The van der Waals surface area contributed by atoms with Crippen LogP contribution in [0.5, 0.6) is 0 Å². The van der Waals surface area contributed by atoms with Crippen LogP contribution in [0.4, 0.5) is 0 Å². The van der Waals surface area contributed by atoms with Crippen LogP contribution in [0.2, 0.25) is 0 Å². The lowest BCUT2D eigenvalue weighted by molar-refractivity contribution is 0.0524. The van der Waals surface area contributed by atoms with Crippen molar-refractivity contribution in [3.63, 3.8) is 0 Å². The van der Waals surface area contributed by atoms with Gasteiger partial charge in [0.15, 0.2) is 0 Å². The van der Waals surface area contributed by atoms with Gasteiger partial charge in [-0.3, -0.25) is 9.59 Å². The topological polar surface area (TPSA) is 102 Å². The first-order chi connectivity index (χ1) is 7.47. The Hall–Kier alpha value is -2.11. The number of aromatic amines is 1. The molecule has 0 aliphatic heterocycles. The molecule has 1 aromatic heterocycles. The Bertz CT molecular complexity index is 490. The Morgan fingerprint density at radius 1 is 1.44 bits per heavy atom. The van der Waals surface area contributed by atoms with E-state index in [4.69, 9.17) is 5.73 Å². The molecule has 16 heavy (non-hydrogen) atoms. The molecule has 1 amide bonds. The number of carbonyl (C=O) groups excluding carboxylic acids is 2. The summed E-state index contributed by atoms with van der Waals surface area (Å²) >= 11 is 0. The molecule has 0 aromatic carbocycles. The van der Waals surface area contributed by atoms with E-state index in [0.717, 1.165) is 6.07 Å². The maximum atomic E-state index is 11.4. The number of nitrogens with one attached hydrogen (secondary N) is 1. The molecule has 0 unspecified atom stereocenters. The monoisotopic (exact) mass is 224 g/mol. The van der Waals surface area contributed by atoms with Crippen molar-refractivity contribution in [3.05, 3.63) is 33.2 Å². The van der Waals surface area contributed by atoms with Crippen LogP contribution in [0.1, 0.15) is 33.3 Å². The number of aromatic nitrogens is 1. The van der Waals surface area contributed by atoms with Crippen LogP contribution in [-0.2, 0) is 4.74 Å². The Labute approximate surface area is 91.4 Å². The van der Waals surface area contributed by atoms with Gasteiger partial charge >= 0.3 is 5.97 Å². The summed E-state index contributed by atoms with van der Waals surface area (Å²) in [6.07, 6.45) is 0. The molecule has 0 saturated heterocycles. The molecule has 0 aliphatic carbocycles. The molecule has 0 aliphatic rings. The molecule has 6 heteroatoms. The molecule has 3 N–H and O–H groups in total. The minimum atomic E-state index is -0.772. The smallest absolute Gasteiger partial charge is 0.343 e. The molecule has 1 aromatic rings. The van der Waals surface area contributed by atoms with Gasteiger partial charge in [-0.25, -0.2) is 4.79 Å². The summed E-state index contributed by atoms with van der Waals surface area (Å²) in [6.45, 7) is 3.30. The summed E-state index contributed by atoms with van der Waals surface area (Å²) in [5.41, 5.74) is 4.70. The summed E-state index contributed by atoms with van der Waals surface area (Å²) in [7, 11) is 0. The van der Waals surface area contributed by atoms with Gasteiger partial charge in [0.25, 0.3) is 5.56 Å². The minimum Gasteiger partial charge on any atom is -0.462 e. The van der Waals surface area contributed by atoms with E-state index in [0.29, 0.717) is 5.69 Å². The first kappa shape index (κ1) is 12.0. The van der Waals surface area contributed by atoms with Crippen molar-refractivity contribution in [1.82, 2.24) is 4.98 Å². The molecule has 86 valence electrons. The maximum absolute atomic E-state index is 11.4. The van der Waals surface area contributed by atoms with Gasteiger partial charge in [0.2, 0.25) is 5.91 Å². The second-order valence-electron chi connectivity index (χ2n) is 3.14. The van der Waals surface area contributed by atoms with Crippen LogP contribution >= 0.6 is 0 Å². The number of hydrogen-bond acceptors (Lipinski definition) is 4. The van der Waals surface area contributed by atoms with Gasteiger partial charge in [0.1, 0.15) is 5.56 Å². The first-order valence-corrected chi connectivity index (χ1v) is 4.68. The summed E-state index contributed by atoms with van der Waals surface area (Å²) in [5.74, 6) is -1.48. The van der Waals surface area contributed by atoms with Gasteiger partial charge in [0, 0.05) is 5.69 Å². The van der Waals surface area contributed by atoms with E-state index in [1.165, 1.54) is 6.92 Å². The summed E-state index contributed by atoms with van der Waals surface area (Å²) in [4.78, 5) is 36.2. The quantitative estimate of drug-likeness (QED) is 0.703. The van der Waals surface area contributed by atoms with Crippen molar-refractivity contribution in [1.29, 1.82) is 0 Å². The second-order valence-corrected chi connectivity index (χ2v) is 3.14. The summed E-state index contributed by atoms with van der Waals surface area (Å²) in [5, 5.41) is 0. The fraction of sp³-hybridized carbons (Fsp3) is 0.300. The normalized spacial score (nSPS) is 9.88. The van der Waals surface area contributed by atoms with Gasteiger partial charge < -0.3 is 15.5 Å². The number of hydrogen-bond donors (Lipinski definition) is 2. The number of carbonyl (C=O) groups is 2. The molecule has 1 rings (SSSR count). The van der Waals surface area contributed by atoms with Crippen molar-refractivity contribution in [3.8, 4) is 0 Å². The van der Waals surface area contributed by atoms with Crippen LogP contribution in [0.3, 0.4) is 0 Å². The lowest BCUT2D eigenvalue weighted by Crippen LogP contribution is -2.24. The van der Waals surface area contributed by atoms with E-state index in [2.05, 4.69) is 9.72 Å². The zero-order chi connectivity index (χ0) is 12.3. The standard InChI is InChI=1S/C10H12N2O4/c1-3-16-10(15)7-4-6(8(11)13)5(2)12-9(7)14/h4H,3H2,1-2H3,(H2,11,13)(H,12,14). The number of primary amides is 1. The summed E-state index contributed by atoms with van der Waals surface area (Å²) < 4.78 is 4.67. The number of H-pyrrole nitrogens is 1. The Kier molecular flexibility index (Phi) is 3.44. The molecule has 0 spiro atoms. The zero-order valence-corrected chi connectivity index (χ0v) is 8.99. The number of pyridine rings is 1. The SMILES string of the molecule is CCOC(=O)c1cc(C(N)=O)c(C)[nH]c1=O. The predicted octanol–water partition coefficient (Wildman–Crippen LogP) is -0.0411. The van der Waals surface area contributed by atoms with Crippen molar-refractivity contribution in [2.24, 2.45) is 5.73 Å². The number of ether oxygens (including phenoxy) is 1. The van der Waals surface area contributed by atoms with Gasteiger partial charge in [-0.1, -0.05) is 0 Å². The minimum absolute atomic E-state index is 0.0997. The Morgan fingerprint density at radius 2 is 2.06 bits per heavy atom. The maximum Gasteiger partial charge on any atom is 0.343 e. The number of esters is 1. The van der Waals surface area contributed by atoms with E-state index < -0.39 is 17.4 Å². The van der Waals surface area contributed by atoms with E-state index in [-0.39, 0.29) is 17.7 Å². The lowest BCUT2D eigenvalue weighted by atomic mass is 10.1. The van der Waals surface area contributed by atoms with Crippen LogP contribution in [-0.4, -0.2) is 23.5 Å². The fourth-order valence-electron chi connectivity index (χ4n) is 1.24. The third-order valence-electron chi connectivity index (χ3n) is 2.00. The predicted molar refractivity (Wildman–Crippen MR) is 56.3 cm³/mol. The molecule has 0 bridgehead atoms. The van der Waals surface area contributed by atoms with E-state index >= 15 is 0 Å². The van der Waals surface area contributed by atoms with Crippen LogP contribution < -0.4 is 11.3 Å². The molecule has 0 saturated carbocycles. The molecule has 1 heterocycles. The molecule has 0 atom stereocenters. The van der Waals surface area contributed by atoms with Gasteiger partial charge in [-0.15, -0.1) is 0 Å². The van der Waals surface area contributed by atoms with E-state index in [1.54, 1.807) is 6.92 Å². The van der Waals surface area contributed by atoms with Crippen LogP contribution in [0.25, 0.3) is 0 Å². The number of amides is 1. The zero-order valence-electron chi connectivity index (χ0n) is 8.99. The fourth-order valence-corrected chi connectivity index (χ4v) is 1.24. The van der Waals surface area contributed by atoms with E-state index in [1.807, 2.05) is 0 Å². The largest absolute Gasteiger partial charge is 0.462 e. The van der Waals surface area contributed by atoms with Crippen LogP contribution in [0.15, 0.2) is 10.9 Å². The van der Waals surface area contributed by atoms with Crippen molar-refractivity contribution in [2.75, 3.05) is 6.61 Å². The average Bonchev–Trinajstić information content (AvgIpc) is 2.17. The van der Waals surface area contributed by atoms with Gasteiger partial charge in [-0.05, 0) is 19.9 Å². The van der Waals surface area contributed by atoms with Crippen molar-refractivity contribution in [2.45, 2.75) is 13.8 Å². The Balaban J connectivity index is 3.30. The molecule has 0 radical (unpaired) electrons. The second kappa shape index (κ2) is 4.61. The van der Waals surface area contributed by atoms with Gasteiger partial charge in [-0.2, -0.15) is 0 Å². The van der Waals surface area contributed by atoms with Gasteiger partial charge in [0.05, 0.1) is 12.2 Å². The third-order valence-corrected chi connectivity index (χ3v) is 2.00. The highest BCUT2D eigenvalue weighted by Gasteiger charge is 2.16. The average molecular weight is 224 g/mol. The number of nitrogens with two attached hydrogens (primary N) is 1. The number of aryl methyl sites for hydroxylation is 1. The first-order valence-electron chi connectivity index (χ1n) is 4.68. The Morgan fingerprint density at radius 3 is 2.56 bits per heavy atom. The van der Waals surface area contributed by atoms with Crippen molar-refractivity contribution >= 4 is 11.9 Å². The molecular formula is C10H12N2O4. The number of rotatable bonds is 3. The van der Waals surface area contributed by atoms with E-state index in [9.17, 15) is 14.4 Å². The summed E-state index contributed by atoms with van der Waals surface area (Å²) in [6, 6.07) is 1.15. The molecular weight excluding hydrogens is 212 g/mol. The highest BCUT2D eigenvalue weighted by molar-refractivity contribution is 5.97. The highest BCUT2D eigenvalue weighted by Crippen LogP contribution is 2.05. The molecule has 0 fully saturated rings. The highest BCUT2D eigenvalue weighted by atomic mass is 16.5.